The Morgan fingerprint density at radius 1 is 0.645 bits per heavy atom. The maximum atomic E-state index is 14.2. The first kappa shape index (κ1) is 62.5. The molecule has 33 heteroatoms. The first-order valence-corrected chi connectivity index (χ1v) is 30.0. The highest BCUT2D eigenvalue weighted by molar-refractivity contribution is 9.10. The van der Waals surface area contributed by atoms with Gasteiger partial charge in [0.05, 0.1) is 88.0 Å². The summed E-state index contributed by atoms with van der Waals surface area (Å²) in [6.45, 7) is 5.56. The summed E-state index contributed by atoms with van der Waals surface area (Å²) in [6, 6.07) is 8.36. The van der Waals surface area contributed by atoms with Crippen LogP contribution >= 0.6 is 55.9 Å². The van der Waals surface area contributed by atoms with E-state index in [9.17, 15) is 43.2 Å². The third-order valence-corrected chi connectivity index (χ3v) is 14.4. The molecule has 1 amide bonds. The van der Waals surface area contributed by atoms with Gasteiger partial charge < -0.3 is 35.1 Å². The smallest absolute Gasteiger partial charge is 0.251 e. The van der Waals surface area contributed by atoms with Gasteiger partial charge in [-0.1, -0.05) is 11.6 Å². The molecular weight excluding hydrogens is 1240 g/mol. The first-order valence-electron chi connectivity index (χ1n) is 22.3. The Morgan fingerprint density at radius 3 is 1.50 bits per heavy atom. The van der Waals surface area contributed by atoms with Crippen LogP contribution in [0.4, 0.5) is 24.8 Å². The van der Waals surface area contributed by atoms with Crippen molar-refractivity contribution in [1.82, 2.24) is 49.4 Å². The number of hydrogen-bond acceptors (Lipinski definition) is 19. The lowest BCUT2D eigenvalue weighted by atomic mass is 10.1. The van der Waals surface area contributed by atoms with Gasteiger partial charge in [0, 0.05) is 75.1 Å². The Bertz CT molecular complexity index is 3350. The third-order valence-electron chi connectivity index (χ3n) is 10.9. The molecule has 0 radical (unpaired) electrons. The van der Waals surface area contributed by atoms with Gasteiger partial charge in [0.25, 0.3) is 5.91 Å². The van der Waals surface area contributed by atoms with Crippen LogP contribution in [0.1, 0.15) is 10.4 Å². The number of hydrogen-bond donors (Lipinski definition) is 5. The Morgan fingerprint density at radius 2 is 1.05 bits per heavy atom. The molecule has 0 aliphatic carbocycles. The highest BCUT2D eigenvalue weighted by Gasteiger charge is 2.26. The lowest BCUT2D eigenvalue weighted by Gasteiger charge is -2.34. The molecule has 3 aromatic heterocycles. The maximum absolute atomic E-state index is 14.2. The lowest BCUT2D eigenvalue weighted by Crippen LogP contribution is -2.47. The first-order chi connectivity index (χ1) is 35.3. The number of nitrogens with two attached hydrogens (primary N) is 1. The third kappa shape index (κ3) is 18.9. The van der Waals surface area contributed by atoms with Gasteiger partial charge in [0.15, 0.2) is 0 Å². The van der Waals surface area contributed by atoms with E-state index in [1.807, 2.05) is 9.80 Å². The molecule has 9 rings (SSSR count). The van der Waals surface area contributed by atoms with Crippen LogP contribution < -0.4 is 35.0 Å². The SMILES string of the molecule is CS(=O)(=O)NCC1CN(c2ncnc3cc(Br)c(F)cc23)CCO1.CS(=O)(=O)NCC1CN(c2ncnc3cc(C(N)=O)c(F)cc23)CCO1.CS(=O)(=O)NCC1CNCCO1.Cl.Fc1cc2c(Cl)ncnc2cc1Br. The number of sulfonamides is 3. The van der Waals surface area contributed by atoms with Crippen molar-refractivity contribution in [2.75, 3.05) is 107 Å². The number of benzene rings is 3. The normalized spacial score (nSPS) is 18.1. The standard InChI is InChI=1S/C15H18FN5O4S.C14H16BrFN4O3S.C8H3BrClFN2.C6H14N2O3S.ClH/c1-26(23,24)20-6-9-7-21(2-3-25-9)15-11-4-12(16)10(14(17)22)5-13(11)18-8-19-15;1-24(21,22)19-6-9-7-20(2-3-23-9)14-10-4-12(16)11(15)5-13(10)17-8-18-14;9-5-2-7-4(1-6(5)11)8(10)13-3-12-7;1-12(9,10)8-5-6-4-7-2-3-11-6;/h4-5,8-9,20H,2-3,6-7H2,1H3,(H2,17,22);4-5,8-9,19H,2-3,6-7H2,1H3;1-3H;6-8H,2-5H2,1H3;1H. The number of halogens is 7. The van der Waals surface area contributed by atoms with Gasteiger partial charge in [0.2, 0.25) is 30.1 Å². The molecule has 76 heavy (non-hydrogen) atoms. The minimum absolute atomic E-state index is 0. The van der Waals surface area contributed by atoms with E-state index in [1.165, 1.54) is 43.2 Å². The molecule has 3 saturated heterocycles. The number of carbonyl (C=O) groups excluding carboxylic acids is 1. The topological polar surface area (TPSA) is 305 Å². The summed E-state index contributed by atoms with van der Waals surface area (Å²) in [5.41, 5.74) is 6.57. The van der Waals surface area contributed by atoms with E-state index in [0.29, 0.717) is 112 Å². The van der Waals surface area contributed by atoms with Crippen molar-refractivity contribution < 1.29 is 57.4 Å². The highest BCUT2D eigenvalue weighted by atomic mass is 79.9. The van der Waals surface area contributed by atoms with Crippen LogP contribution in [-0.4, -0.2) is 177 Å². The maximum Gasteiger partial charge on any atom is 0.251 e. The van der Waals surface area contributed by atoms with Crippen LogP contribution in [0, 0.1) is 17.5 Å². The van der Waals surface area contributed by atoms with E-state index in [-0.39, 0.29) is 66.2 Å². The van der Waals surface area contributed by atoms with Crippen LogP contribution in [0.3, 0.4) is 0 Å². The molecule has 3 unspecified atom stereocenters. The van der Waals surface area contributed by atoms with Crippen molar-refractivity contribution >= 4 is 136 Å². The zero-order valence-electron chi connectivity index (χ0n) is 40.6. The Kier molecular flexibility index (Phi) is 23.0. The quantitative estimate of drug-likeness (QED) is 0.110. The molecule has 6 N–H and O–H groups in total. The summed E-state index contributed by atoms with van der Waals surface area (Å²) in [4.78, 5) is 39.6. The predicted octanol–water partition coefficient (Wildman–Crippen LogP) is 3.04. The number of morpholine rings is 3. The second-order valence-electron chi connectivity index (χ2n) is 16.8. The van der Waals surface area contributed by atoms with E-state index in [1.54, 1.807) is 12.1 Å². The molecule has 3 atom stereocenters. The predicted molar refractivity (Wildman–Crippen MR) is 290 cm³/mol. The zero-order chi connectivity index (χ0) is 54.7. The monoisotopic (exact) mass is 1290 g/mol. The average molecular weight is 1290 g/mol. The van der Waals surface area contributed by atoms with Crippen molar-refractivity contribution in [1.29, 1.82) is 0 Å². The molecule has 23 nitrogen and oxygen atoms in total. The van der Waals surface area contributed by atoms with Crippen LogP contribution in [-0.2, 0) is 44.3 Å². The van der Waals surface area contributed by atoms with Crippen molar-refractivity contribution in [3.8, 4) is 0 Å². The molecular formula is C43H52Br2Cl2F3N13O10S3. The molecule has 6 aromatic rings. The Balaban J connectivity index is 0.000000196. The number of nitrogens with one attached hydrogen (secondary N) is 4. The van der Waals surface area contributed by atoms with Crippen molar-refractivity contribution in [2.45, 2.75) is 18.3 Å². The molecule has 0 spiro atoms. The second kappa shape index (κ2) is 28.0. The Labute approximate surface area is 463 Å². The number of amides is 1. The van der Waals surface area contributed by atoms with Gasteiger partial charge in [-0.25, -0.2) is 82.5 Å². The second-order valence-corrected chi connectivity index (χ2v) is 24.3. The molecule has 416 valence electrons. The highest BCUT2D eigenvalue weighted by Crippen LogP contribution is 2.30. The van der Waals surface area contributed by atoms with Crippen LogP contribution in [0.5, 0.6) is 0 Å². The minimum Gasteiger partial charge on any atom is -0.374 e. The molecule has 3 aliphatic rings. The van der Waals surface area contributed by atoms with E-state index >= 15 is 0 Å². The van der Waals surface area contributed by atoms with Gasteiger partial charge >= 0.3 is 0 Å². The van der Waals surface area contributed by atoms with Gasteiger partial charge in [-0.3, -0.25) is 4.79 Å². The van der Waals surface area contributed by atoms with Crippen molar-refractivity contribution in [2.24, 2.45) is 5.73 Å². The fourth-order valence-electron chi connectivity index (χ4n) is 7.37. The number of nitrogens with zero attached hydrogens (tertiary/aromatic N) is 8. The summed E-state index contributed by atoms with van der Waals surface area (Å²) in [6.07, 6.45) is 6.70. The molecule has 0 saturated carbocycles. The van der Waals surface area contributed by atoms with Crippen LogP contribution in [0.25, 0.3) is 32.7 Å². The van der Waals surface area contributed by atoms with Gasteiger partial charge in [0.1, 0.15) is 53.2 Å². The van der Waals surface area contributed by atoms with Gasteiger partial charge in [-0.15, -0.1) is 12.4 Å². The number of fused-ring (bicyclic) bond motifs is 3. The number of carbonyl (C=O) groups is 1. The number of anilines is 2. The number of primary amides is 1. The summed E-state index contributed by atoms with van der Waals surface area (Å²) in [5.74, 6) is -1.28. The number of aromatic nitrogens is 6. The minimum atomic E-state index is -3.33. The van der Waals surface area contributed by atoms with Crippen molar-refractivity contribution in [3.05, 3.63) is 92.5 Å². The lowest BCUT2D eigenvalue weighted by molar-refractivity contribution is 0.0324. The fourth-order valence-corrected chi connectivity index (χ4v) is 9.69. The van der Waals surface area contributed by atoms with Crippen LogP contribution in [0.2, 0.25) is 5.15 Å². The Hall–Kier alpha value is -4.35. The zero-order valence-corrected chi connectivity index (χ0v) is 47.7. The summed E-state index contributed by atoms with van der Waals surface area (Å²) < 4.78 is 132. The van der Waals surface area contributed by atoms with E-state index in [4.69, 9.17) is 31.5 Å². The van der Waals surface area contributed by atoms with E-state index in [2.05, 4.69) is 81.2 Å². The molecule has 3 aromatic carbocycles. The molecule has 6 heterocycles. The summed E-state index contributed by atoms with van der Waals surface area (Å²) in [5, 5.41) is 4.93. The number of rotatable bonds is 12. The fraction of sp³-hybridized carbons (Fsp3) is 0.419. The van der Waals surface area contributed by atoms with Crippen LogP contribution in [0.15, 0.2) is 64.3 Å². The largest absolute Gasteiger partial charge is 0.374 e. The molecule has 3 fully saturated rings. The molecule has 0 bridgehead atoms. The van der Waals surface area contributed by atoms with E-state index in [0.717, 1.165) is 25.3 Å². The number of ether oxygens (including phenoxy) is 3. The van der Waals surface area contributed by atoms with E-state index < -0.39 is 41.8 Å². The molecule has 3 aliphatic heterocycles. The average Bonchev–Trinajstić information content (AvgIpc) is 3.36. The van der Waals surface area contributed by atoms with Gasteiger partial charge in [-0.05, 0) is 68.3 Å². The van der Waals surface area contributed by atoms with Crippen molar-refractivity contribution in [3.63, 3.8) is 0 Å². The summed E-state index contributed by atoms with van der Waals surface area (Å²) in [7, 11) is -9.69. The van der Waals surface area contributed by atoms with Gasteiger partial charge in [-0.2, -0.15) is 0 Å². The summed E-state index contributed by atoms with van der Waals surface area (Å²) >= 11 is 12.0.